The number of hydrogen-bond donors (Lipinski definition) is 0. The van der Waals surface area contributed by atoms with Gasteiger partial charge in [0.05, 0.1) is 23.5 Å². The first-order chi connectivity index (χ1) is 9.65. The molecule has 100 valence electrons. The number of hydrogen-bond acceptors (Lipinski definition) is 3. The molecule has 2 heterocycles. The third-order valence-corrected chi connectivity index (χ3v) is 3.35. The second kappa shape index (κ2) is 5.02. The van der Waals surface area contributed by atoms with E-state index in [0.29, 0.717) is 21.7 Å². The molecule has 0 spiro atoms. The van der Waals surface area contributed by atoms with E-state index in [4.69, 9.17) is 11.6 Å². The molecular weight excluding hydrogens is 281 g/mol. The Balaban J connectivity index is 1.95. The summed E-state index contributed by atoms with van der Waals surface area (Å²) in [7, 11) is 0. The van der Waals surface area contributed by atoms with Crippen LogP contribution < -0.4 is 0 Å². The van der Waals surface area contributed by atoms with Crippen molar-refractivity contribution in [2.45, 2.75) is 6.42 Å². The number of aromatic nitrogens is 3. The lowest BCUT2D eigenvalue weighted by Gasteiger charge is -2.03. The van der Waals surface area contributed by atoms with Crippen LogP contribution in [0.25, 0.3) is 5.52 Å². The third kappa shape index (κ3) is 2.28. The topological polar surface area (TPSA) is 47.3 Å². The van der Waals surface area contributed by atoms with Gasteiger partial charge in [0.1, 0.15) is 5.82 Å². The monoisotopic (exact) mass is 289 g/mol. The number of carbonyl (C=O) groups is 1. The summed E-state index contributed by atoms with van der Waals surface area (Å²) in [5.74, 6) is -0.598. The summed E-state index contributed by atoms with van der Waals surface area (Å²) in [5.41, 5.74) is 1.52. The Morgan fingerprint density at radius 2 is 2.20 bits per heavy atom. The van der Waals surface area contributed by atoms with Gasteiger partial charge in [0, 0.05) is 23.8 Å². The average Bonchev–Trinajstić information content (AvgIpc) is 2.87. The highest BCUT2D eigenvalue weighted by Crippen LogP contribution is 2.20. The van der Waals surface area contributed by atoms with Gasteiger partial charge >= 0.3 is 0 Å². The van der Waals surface area contributed by atoms with Crippen molar-refractivity contribution in [2.24, 2.45) is 0 Å². The van der Waals surface area contributed by atoms with E-state index in [-0.39, 0.29) is 12.2 Å². The maximum Gasteiger partial charge on any atom is 0.171 e. The van der Waals surface area contributed by atoms with Crippen LogP contribution in [0.1, 0.15) is 15.9 Å². The molecule has 0 aliphatic rings. The van der Waals surface area contributed by atoms with E-state index in [1.165, 1.54) is 24.4 Å². The summed E-state index contributed by atoms with van der Waals surface area (Å²) >= 11 is 5.97. The number of ketones is 1. The van der Waals surface area contributed by atoms with Gasteiger partial charge in [-0.1, -0.05) is 11.6 Å². The normalized spacial score (nSPS) is 10.9. The van der Waals surface area contributed by atoms with Crippen LogP contribution in [-0.2, 0) is 6.42 Å². The molecule has 6 heteroatoms. The highest BCUT2D eigenvalue weighted by atomic mass is 35.5. The van der Waals surface area contributed by atoms with E-state index < -0.39 is 5.82 Å². The average molecular weight is 290 g/mol. The van der Waals surface area contributed by atoms with E-state index >= 15 is 0 Å². The summed E-state index contributed by atoms with van der Waals surface area (Å²) < 4.78 is 14.8. The fourth-order valence-electron chi connectivity index (χ4n) is 2.00. The van der Waals surface area contributed by atoms with Crippen LogP contribution in [0.4, 0.5) is 4.39 Å². The first-order valence-electron chi connectivity index (χ1n) is 5.89. The number of halogens is 2. The van der Waals surface area contributed by atoms with E-state index in [1.807, 2.05) is 0 Å². The smallest absolute Gasteiger partial charge is 0.171 e. The van der Waals surface area contributed by atoms with Gasteiger partial charge in [-0.15, -0.1) is 0 Å². The first kappa shape index (κ1) is 12.7. The van der Waals surface area contributed by atoms with Crippen molar-refractivity contribution in [3.63, 3.8) is 0 Å². The Kier molecular flexibility index (Phi) is 3.20. The molecule has 3 aromatic rings. The van der Waals surface area contributed by atoms with Crippen LogP contribution in [0.5, 0.6) is 0 Å². The Bertz CT molecular complexity index is 800. The number of carbonyl (C=O) groups excluding carboxylic acids is 1. The van der Waals surface area contributed by atoms with Crippen LogP contribution in [-0.4, -0.2) is 20.4 Å². The molecule has 0 N–H and O–H groups in total. The van der Waals surface area contributed by atoms with Crippen molar-refractivity contribution in [1.29, 1.82) is 0 Å². The van der Waals surface area contributed by atoms with Gasteiger partial charge < -0.3 is 0 Å². The number of fused-ring (bicyclic) bond motifs is 1. The maximum atomic E-state index is 13.2. The van der Waals surface area contributed by atoms with Crippen LogP contribution in [0, 0.1) is 5.82 Å². The Labute approximate surface area is 118 Å². The maximum absolute atomic E-state index is 13.2. The van der Waals surface area contributed by atoms with Gasteiger partial charge in [-0.25, -0.2) is 8.91 Å². The summed E-state index contributed by atoms with van der Waals surface area (Å²) in [6, 6.07) is 3.97. The molecule has 0 unspecified atom stereocenters. The predicted molar refractivity (Wildman–Crippen MR) is 72.4 cm³/mol. The summed E-state index contributed by atoms with van der Waals surface area (Å²) in [4.78, 5) is 16.3. The molecule has 2 aromatic heterocycles. The Hall–Kier alpha value is -2.27. The molecule has 0 radical (unpaired) electrons. The molecule has 3 rings (SSSR count). The zero-order valence-electron chi connectivity index (χ0n) is 10.3. The minimum absolute atomic E-state index is 0.0207. The van der Waals surface area contributed by atoms with Crippen molar-refractivity contribution in [3.05, 3.63) is 65.0 Å². The number of Topliss-reactive ketones (excluding diaryl/α,β-unsaturated/α-hetero) is 1. The Morgan fingerprint density at radius 1 is 1.35 bits per heavy atom. The number of rotatable bonds is 3. The van der Waals surface area contributed by atoms with Gasteiger partial charge in [-0.05, 0) is 23.8 Å². The van der Waals surface area contributed by atoms with Gasteiger partial charge in [0.25, 0.3) is 0 Å². The van der Waals surface area contributed by atoms with Crippen LogP contribution in [0.15, 0.2) is 43.0 Å². The zero-order valence-corrected chi connectivity index (χ0v) is 11.0. The lowest BCUT2D eigenvalue weighted by atomic mass is 10.0. The quantitative estimate of drug-likeness (QED) is 0.697. The summed E-state index contributed by atoms with van der Waals surface area (Å²) in [6.07, 6.45) is 6.30. The van der Waals surface area contributed by atoms with Crippen molar-refractivity contribution in [1.82, 2.24) is 14.6 Å². The Morgan fingerprint density at radius 3 is 3.05 bits per heavy atom. The van der Waals surface area contributed by atoms with Crippen LogP contribution in [0.2, 0.25) is 5.02 Å². The molecule has 0 amide bonds. The van der Waals surface area contributed by atoms with Crippen LogP contribution >= 0.6 is 11.6 Å². The third-order valence-electron chi connectivity index (χ3n) is 2.98. The highest BCUT2D eigenvalue weighted by molar-refractivity contribution is 6.31. The van der Waals surface area contributed by atoms with Crippen molar-refractivity contribution >= 4 is 22.9 Å². The molecule has 0 bridgehead atoms. The zero-order chi connectivity index (χ0) is 14.1. The molecule has 0 aliphatic carbocycles. The standard InChI is InChI=1S/C14H9ClFN3O/c15-12-2-1-10(16)5-9(12)6-14(20)11-7-18-19-4-3-17-8-13(11)19/h1-5,7-8H,6H2. The molecule has 0 atom stereocenters. The minimum atomic E-state index is -0.418. The lowest BCUT2D eigenvalue weighted by Crippen LogP contribution is -2.04. The van der Waals surface area contributed by atoms with Crippen molar-refractivity contribution in [3.8, 4) is 0 Å². The fourth-order valence-corrected chi connectivity index (χ4v) is 2.18. The number of benzene rings is 1. The largest absolute Gasteiger partial charge is 0.294 e. The second-order valence-corrected chi connectivity index (χ2v) is 4.71. The van der Waals surface area contributed by atoms with Gasteiger partial charge in [-0.2, -0.15) is 5.10 Å². The summed E-state index contributed by atoms with van der Waals surface area (Å²) in [6.45, 7) is 0. The number of nitrogens with zero attached hydrogens (tertiary/aromatic N) is 3. The van der Waals surface area contributed by atoms with E-state index in [9.17, 15) is 9.18 Å². The van der Waals surface area contributed by atoms with Crippen molar-refractivity contribution < 1.29 is 9.18 Å². The van der Waals surface area contributed by atoms with E-state index in [2.05, 4.69) is 10.1 Å². The summed E-state index contributed by atoms with van der Waals surface area (Å²) in [5, 5.41) is 4.44. The molecule has 0 aliphatic heterocycles. The van der Waals surface area contributed by atoms with E-state index in [1.54, 1.807) is 23.1 Å². The molecule has 0 saturated heterocycles. The molecular formula is C14H9ClFN3O. The lowest BCUT2D eigenvalue weighted by molar-refractivity contribution is 0.0994. The molecule has 4 nitrogen and oxygen atoms in total. The van der Waals surface area contributed by atoms with Gasteiger partial charge in [0.2, 0.25) is 0 Å². The molecule has 1 aromatic carbocycles. The van der Waals surface area contributed by atoms with Gasteiger partial charge in [0.15, 0.2) is 5.78 Å². The van der Waals surface area contributed by atoms with Gasteiger partial charge in [-0.3, -0.25) is 9.78 Å². The minimum Gasteiger partial charge on any atom is -0.294 e. The fraction of sp³-hybridized carbons (Fsp3) is 0.0714. The highest BCUT2D eigenvalue weighted by Gasteiger charge is 2.15. The molecule has 0 saturated carbocycles. The SMILES string of the molecule is O=C(Cc1cc(F)ccc1Cl)c1cnn2ccncc12. The molecule has 0 fully saturated rings. The van der Waals surface area contributed by atoms with Crippen LogP contribution in [0.3, 0.4) is 0 Å². The van der Waals surface area contributed by atoms with Crippen molar-refractivity contribution in [2.75, 3.05) is 0 Å². The predicted octanol–water partition coefficient (Wildman–Crippen LogP) is 2.95. The second-order valence-electron chi connectivity index (χ2n) is 4.30. The van der Waals surface area contributed by atoms with E-state index in [0.717, 1.165) is 0 Å². The first-order valence-corrected chi connectivity index (χ1v) is 6.27. The molecule has 20 heavy (non-hydrogen) atoms.